The average molecular weight is 463 g/mol. The van der Waals surface area contributed by atoms with Gasteiger partial charge in [0, 0.05) is 12.2 Å². The molecule has 0 saturated carbocycles. The Labute approximate surface area is 187 Å². The van der Waals surface area contributed by atoms with Gasteiger partial charge in [0.05, 0.1) is 17.9 Å². The molecule has 1 N–H and O–H groups in total. The quantitative estimate of drug-likeness (QED) is 0.506. The highest BCUT2D eigenvalue weighted by molar-refractivity contribution is 7.89. The van der Waals surface area contributed by atoms with Crippen molar-refractivity contribution in [1.29, 1.82) is 0 Å². The summed E-state index contributed by atoms with van der Waals surface area (Å²) in [6.45, 7) is 2.55. The zero-order chi connectivity index (χ0) is 23.6. The Bertz CT molecular complexity index is 1020. The van der Waals surface area contributed by atoms with Crippen molar-refractivity contribution in [3.8, 4) is 0 Å². The summed E-state index contributed by atoms with van der Waals surface area (Å²) in [4.78, 5) is 37.6. The predicted octanol–water partition coefficient (Wildman–Crippen LogP) is 1.80. The van der Waals surface area contributed by atoms with Gasteiger partial charge < -0.3 is 9.47 Å². The van der Waals surface area contributed by atoms with Gasteiger partial charge >= 0.3 is 11.9 Å². The van der Waals surface area contributed by atoms with E-state index in [0.717, 1.165) is 10.5 Å². The number of amides is 1. The van der Waals surface area contributed by atoms with Crippen LogP contribution in [0.4, 0.5) is 5.69 Å². The van der Waals surface area contributed by atoms with Crippen molar-refractivity contribution < 1.29 is 32.3 Å². The normalized spacial score (nSPS) is 10.9. The van der Waals surface area contributed by atoms with Gasteiger partial charge in [-0.3, -0.25) is 19.3 Å². The van der Waals surface area contributed by atoms with Crippen LogP contribution in [0, 0.1) is 6.92 Å². The van der Waals surface area contributed by atoms with Crippen LogP contribution in [0.3, 0.4) is 0 Å². The maximum atomic E-state index is 12.6. The maximum Gasteiger partial charge on any atom is 0.326 e. The third-order valence-corrected chi connectivity index (χ3v) is 5.75. The molecule has 9 nitrogen and oxygen atoms in total. The first-order valence-electron chi connectivity index (χ1n) is 9.96. The maximum absolute atomic E-state index is 12.6. The molecule has 0 aromatic heterocycles. The minimum absolute atomic E-state index is 0.0871. The number of hydrogen-bond acceptors (Lipinski definition) is 7. The molecular formula is C22H26N2O7S. The van der Waals surface area contributed by atoms with E-state index in [1.807, 2.05) is 6.92 Å². The minimum atomic E-state index is -3.76. The standard InChI is InChI=1S/C22H26N2O7S/c1-3-30-22(27)15-24(18-7-5-4-6-8-18)20(25)16-31-21(26)13-14-23-32(28,29)19-11-9-17(2)10-12-19/h4-12,23H,3,13-16H2,1-2H3. The third-order valence-electron chi connectivity index (χ3n) is 4.27. The van der Waals surface area contributed by atoms with Crippen molar-refractivity contribution in [2.45, 2.75) is 25.2 Å². The zero-order valence-corrected chi connectivity index (χ0v) is 18.8. The number of ether oxygens (including phenoxy) is 2. The molecule has 0 atom stereocenters. The second-order valence-electron chi connectivity index (χ2n) is 6.74. The number of benzene rings is 2. The van der Waals surface area contributed by atoms with E-state index in [9.17, 15) is 22.8 Å². The largest absolute Gasteiger partial charge is 0.465 e. The summed E-state index contributed by atoms with van der Waals surface area (Å²) in [7, 11) is -3.76. The van der Waals surface area contributed by atoms with Gasteiger partial charge in [0.25, 0.3) is 5.91 Å². The molecule has 0 heterocycles. The molecule has 0 aliphatic heterocycles. The zero-order valence-electron chi connectivity index (χ0n) is 17.9. The van der Waals surface area contributed by atoms with E-state index in [0.29, 0.717) is 5.69 Å². The summed E-state index contributed by atoms with van der Waals surface area (Å²) < 4.78 is 36.6. The molecule has 0 bridgehead atoms. The van der Waals surface area contributed by atoms with Crippen LogP contribution in [0.25, 0.3) is 0 Å². The van der Waals surface area contributed by atoms with Crippen LogP contribution in [0.15, 0.2) is 59.5 Å². The second-order valence-corrected chi connectivity index (χ2v) is 8.51. The predicted molar refractivity (Wildman–Crippen MR) is 117 cm³/mol. The Morgan fingerprint density at radius 2 is 1.59 bits per heavy atom. The summed E-state index contributed by atoms with van der Waals surface area (Å²) in [5, 5.41) is 0. The second kappa shape index (κ2) is 12.0. The van der Waals surface area contributed by atoms with Gasteiger partial charge in [-0.15, -0.1) is 0 Å². The topological polar surface area (TPSA) is 119 Å². The van der Waals surface area contributed by atoms with E-state index in [4.69, 9.17) is 9.47 Å². The van der Waals surface area contributed by atoms with Gasteiger partial charge in [0.2, 0.25) is 10.0 Å². The molecule has 1 amide bonds. The lowest BCUT2D eigenvalue weighted by molar-refractivity contribution is -0.148. The van der Waals surface area contributed by atoms with Crippen LogP contribution >= 0.6 is 0 Å². The lowest BCUT2D eigenvalue weighted by atomic mass is 10.2. The van der Waals surface area contributed by atoms with Crippen LogP contribution in [-0.4, -0.2) is 52.6 Å². The van der Waals surface area contributed by atoms with Crippen molar-refractivity contribution >= 4 is 33.6 Å². The lowest BCUT2D eigenvalue weighted by Crippen LogP contribution is -2.39. The fourth-order valence-electron chi connectivity index (χ4n) is 2.65. The first-order valence-corrected chi connectivity index (χ1v) is 11.4. The van der Waals surface area contributed by atoms with Gasteiger partial charge in [-0.1, -0.05) is 35.9 Å². The van der Waals surface area contributed by atoms with Crippen LogP contribution in [0.1, 0.15) is 18.9 Å². The van der Waals surface area contributed by atoms with Gasteiger partial charge in [0.15, 0.2) is 6.61 Å². The van der Waals surface area contributed by atoms with Crippen LogP contribution in [-0.2, 0) is 33.9 Å². The number of rotatable bonds is 11. The van der Waals surface area contributed by atoms with Gasteiger partial charge in [-0.25, -0.2) is 13.1 Å². The number of nitrogens with zero attached hydrogens (tertiary/aromatic N) is 1. The molecule has 0 aliphatic carbocycles. The van der Waals surface area contributed by atoms with E-state index in [-0.39, 0.29) is 31.0 Å². The summed E-state index contributed by atoms with van der Waals surface area (Å²) in [6, 6.07) is 14.7. The Balaban J connectivity index is 1.87. The van der Waals surface area contributed by atoms with Crippen molar-refractivity contribution in [3.05, 3.63) is 60.2 Å². The Morgan fingerprint density at radius 3 is 2.22 bits per heavy atom. The highest BCUT2D eigenvalue weighted by Gasteiger charge is 2.21. The highest BCUT2D eigenvalue weighted by atomic mass is 32.2. The van der Waals surface area contributed by atoms with Crippen LogP contribution in [0.5, 0.6) is 0 Å². The molecule has 0 aliphatic rings. The number of para-hydroxylation sites is 1. The highest BCUT2D eigenvalue weighted by Crippen LogP contribution is 2.14. The average Bonchev–Trinajstić information content (AvgIpc) is 2.77. The molecule has 2 rings (SSSR count). The molecule has 0 saturated heterocycles. The lowest BCUT2D eigenvalue weighted by Gasteiger charge is -2.21. The molecule has 0 radical (unpaired) electrons. The minimum Gasteiger partial charge on any atom is -0.465 e. The van der Waals surface area contributed by atoms with Gasteiger partial charge in [-0.05, 0) is 38.1 Å². The first-order chi connectivity index (χ1) is 15.2. The molecule has 2 aromatic rings. The fraction of sp³-hybridized carbons (Fsp3) is 0.318. The summed E-state index contributed by atoms with van der Waals surface area (Å²) in [5.74, 6) is -1.96. The van der Waals surface area contributed by atoms with Crippen molar-refractivity contribution in [1.82, 2.24) is 4.72 Å². The number of anilines is 1. The molecule has 0 unspecified atom stereocenters. The number of sulfonamides is 1. The van der Waals surface area contributed by atoms with E-state index in [1.165, 1.54) is 12.1 Å². The molecule has 0 fully saturated rings. The molecule has 0 spiro atoms. The fourth-order valence-corrected chi connectivity index (χ4v) is 3.68. The smallest absolute Gasteiger partial charge is 0.326 e. The third kappa shape index (κ3) is 7.78. The molecule has 172 valence electrons. The molecule has 32 heavy (non-hydrogen) atoms. The van der Waals surface area contributed by atoms with Crippen LogP contribution < -0.4 is 9.62 Å². The Morgan fingerprint density at radius 1 is 0.938 bits per heavy atom. The monoisotopic (exact) mass is 462 g/mol. The number of aryl methyl sites for hydroxylation is 1. The summed E-state index contributed by atoms with van der Waals surface area (Å²) in [5.41, 5.74) is 1.37. The number of nitrogens with one attached hydrogen (secondary N) is 1. The van der Waals surface area contributed by atoms with Gasteiger partial charge in [-0.2, -0.15) is 0 Å². The summed E-state index contributed by atoms with van der Waals surface area (Å²) >= 11 is 0. The molecule has 10 heteroatoms. The number of carbonyl (C=O) groups is 3. The number of hydrogen-bond donors (Lipinski definition) is 1. The van der Waals surface area contributed by atoms with Crippen molar-refractivity contribution in [2.75, 3.05) is 31.2 Å². The number of carbonyl (C=O) groups excluding carboxylic acids is 3. The van der Waals surface area contributed by atoms with E-state index in [1.54, 1.807) is 49.4 Å². The SMILES string of the molecule is CCOC(=O)CN(C(=O)COC(=O)CCNS(=O)(=O)c1ccc(C)cc1)c1ccccc1. The molecule has 2 aromatic carbocycles. The molecular weight excluding hydrogens is 436 g/mol. The Hall–Kier alpha value is -3.24. The van der Waals surface area contributed by atoms with E-state index >= 15 is 0 Å². The van der Waals surface area contributed by atoms with E-state index in [2.05, 4.69) is 4.72 Å². The van der Waals surface area contributed by atoms with E-state index < -0.39 is 34.5 Å². The van der Waals surface area contributed by atoms with Crippen molar-refractivity contribution in [2.24, 2.45) is 0 Å². The first kappa shape index (κ1) is 25.0. The van der Waals surface area contributed by atoms with Crippen LogP contribution in [0.2, 0.25) is 0 Å². The Kier molecular flexibility index (Phi) is 9.36. The van der Waals surface area contributed by atoms with Crippen molar-refractivity contribution in [3.63, 3.8) is 0 Å². The number of esters is 2. The summed E-state index contributed by atoms with van der Waals surface area (Å²) in [6.07, 6.45) is -0.262. The van der Waals surface area contributed by atoms with Gasteiger partial charge in [0.1, 0.15) is 6.54 Å².